The second kappa shape index (κ2) is 11.2. The zero-order valence-corrected chi connectivity index (χ0v) is 21.2. The Labute approximate surface area is 224 Å². The summed E-state index contributed by atoms with van der Waals surface area (Å²) in [4.78, 5) is 58.1. The van der Waals surface area contributed by atoms with E-state index in [9.17, 15) is 28.0 Å². The minimum Gasteiger partial charge on any atom is -0.377 e. The quantitative estimate of drug-likeness (QED) is 0.466. The van der Waals surface area contributed by atoms with Crippen LogP contribution in [0.3, 0.4) is 0 Å². The first-order valence-corrected chi connectivity index (χ1v) is 13.1. The number of amides is 3. The lowest BCUT2D eigenvalue weighted by Crippen LogP contribution is -2.60. The summed E-state index contributed by atoms with van der Waals surface area (Å²) in [5.41, 5.74) is 1.30. The summed E-state index contributed by atoms with van der Waals surface area (Å²) in [6.07, 6.45) is 1.84. The number of hydrogen-bond acceptors (Lipinski definition) is 6. The van der Waals surface area contributed by atoms with Gasteiger partial charge in [0.05, 0.1) is 25.5 Å². The van der Waals surface area contributed by atoms with Gasteiger partial charge >= 0.3 is 0 Å². The first-order valence-electron chi connectivity index (χ1n) is 13.1. The molecule has 9 nitrogen and oxygen atoms in total. The Bertz CT molecular complexity index is 1210. The van der Waals surface area contributed by atoms with Crippen LogP contribution in [0.15, 0.2) is 54.7 Å². The molecule has 2 aromatic rings. The number of nitrogens with one attached hydrogen (secondary N) is 2. The van der Waals surface area contributed by atoms with Crippen LogP contribution in [0.5, 0.6) is 0 Å². The van der Waals surface area contributed by atoms with Crippen LogP contribution < -0.4 is 10.6 Å². The fraction of sp³-hybridized carbons (Fsp3) is 0.464. The number of benzene rings is 1. The first-order chi connectivity index (χ1) is 18.8. The number of morpholine rings is 1. The third kappa shape index (κ3) is 5.83. The van der Waals surface area contributed by atoms with Crippen LogP contribution in [0.2, 0.25) is 0 Å². The lowest BCUT2D eigenvalue weighted by molar-refractivity contribution is -0.153. The number of halogens is 2. The van der Waals surface area contributed by atoms with E-state index in [1.54, 1.807) is 48.7 Å². The Hall–Kier alpha value is -3.73. The molecule has 3 aliphatic rings. The fourth-order valence-corrected chi connectivity index (χ4v) is 5.58. The van der Waals surface area contributed by atoms with Crippen molar-refractivity contribution in [2.24, 2.45) is 17.8 Å². The van der Waals surface area contributed by atoms with Gasteiger partial charge in [-0.05, 0) is 30.5 Å². The molecule has 1 aromatic heterocycles. The molecule has 206 valence electrons. The monoisotopic (exact) mass is 540 g/mol. The zero-order chi connectivity index (χ0) is 27.6. The minimum absolute atomic E-state index is 0.0403. The third-order valence-corrected chi connectivity index (χ3v) is 7.80. The molecule has 3 fully saturated rings. The van der Waals surface area contributed by atoms with Gasteiger partial charge in [-0.3, -0.25) is 24.2 Å². The van der Waals surface area contributed by atoms with Crippen molar-refractivity contribution in [2.45, 2.75) is 43.8 Å². The number of rotatable bonds is 9. The average Bonchev–Trinajstić information content (AvgIpc) is 3.27. The molecular weight excluding hydrogens is 510 g/mol. The molecule has 0 radical (unpaired) electrons. The third-order valence-electron chi connectivity index (χ3n) is 7.80. The van der Waals surface area contributed by atoms with E-state index < -0.39 is 53.4 Å². The Morgan fingerprint density at radius 1 is 1.05 bits per heavy atom. The molecule has 1 aliphatic heterocycles. The highest BCUT2D eigenvalue weighted by Crippen LogP contribution is 2.65. The first kappa shape index (κ1) is 26.9. The van der Waals surface area contributed by atoms with Crippen LogP contribution in [0.4, 0.5) is 8.78 Å². The van der Waals surface area contributed by atoms with Gasteiger partial charge in [0.2, 0.25) is 17.6 Å². The van der Waals surface area contributed by atoms with Crippen molar-refractivity contribution >= 4 is 23.5 Å². The highest BCUT2D eigenvalue weighted by molar-refractivity contribution is 6.38. The number of ketones is 1. The lowest BCUT2D eigenvalue weighted by atomic mass is 9.98. The molecule has 2 heterocycles. The molecule has 1 saturated heterocycles. The predicted octanol–water partition coefficient (Wildman–Crippen LogP) is 1.51. The summed E-state index contributed by atoms with van der Waals surface area (Å²) in [6, 6.07) is 11.9. The second-order valence-corrected chi connectivity index (χ2v) is 10.3. The number of aromatic nitrogens is 1. The molecule has 39 heavy (non-hydrogen) atoms. The number of nitrogens with zero attached hydrogens (tertiary/aromatic N) is 2. The van der Waals surface area contributed by atoms with E-state index in [0.717, 1.165) is 5.56 Å². The molecule has 5 atom stereocenters. The Morgan fingerprint density at radius 2 is 1.77 bits per heavy atom. The molecule has 2 saturated carbocycles. The van der Waals surface area contributed by atoms with Gasteiger partial charge < -0.3 is 20.3 Å². The van der Waals surface area contributed by atoms with Crippen LogP contribution in [0, 0.1) is 17.8 Å². The number of pyridine rings is 1. The van der Waals surface area contributed by atoms with E-state index in [1.165, 1.54) is 4.90 Å². The van der Waals surface area contributed by atoms with Gasteiger partial charge in [-0.2, -0.15) is 0 Å². The Morgan fingerprint density at radius 3 is 2.46 bits per heavy atom. The average molecular weight is 541 g/mol. The summed E-state index contributed by atoms with van der Waals surface area (Å²) < 4.78 is 32.8. The molecule has 2 aliphatic carbocycles. The van der Waals surface area contributed by atoms with Crippen molar-refractivity contribution in [3.8, 4) is 0 Å². The van der Waals surface area contributed by atoms with Gasteiger partial charge in [0.1, 0.15) is 12.1 Å². The number of fused-ring (bicyclic) bond motifs is 1. The molecule has 11 heteroatoms. The number of carbonyl (C=O) groups is 4. The fourth-order valence-electron chi connectivity index (χ4n) is 5.58. The number of hydrogen-bond donors (Lipinski definition) is 2. The van der Waals surface area contributed by atoms with Crippen LogP contribution in [0.25, 0.3) is 0 Å². The predicted molar refractivity (Wildman–Crippen MR) is 134 cm³/mol. The maximum absolute atomic E-state index is 13.7. The summed E-state index contributed by atoms with van der Waals surface area (Å²) in [5, 5.41) is 5.21. The Kier molecular flexibility index (Phi) is 7.69. The van der Waals surface area contributed by atoms with Gasteiger partial charge in [0.25, 0.3) is 11.8 Å². The second-order valence-electron chi connectivity index (χ2n) is 10.3. The maximum atomic E-state index is 13.7. The van der Waals surface area contributed by atoms with Crippen LogP contribution >= 0.6 is 0 Å². The van der Waals surface area contributed by atoms with E-state index in [1.807, 2.05) is 6.07 Å². The van der Waals surface area contributed by atoms with E-state index in [4.69, 9.17) is 4.74 Å². The topological polar surface area (TPSA) is 118 Å². The van der Waals surface area contributed by atoms with Gasteiger partial charge in [0.15, 0.2) is 0 Å². The SMILES string of the molecule is O=C(NCc1ccccn1)C(=O)[C@@H](Cc1ccccc1)NC(=O)[C@H]1COCCN1C(=O)C1C[C@@H]2[C@H](C1)C2(F)F. The van der Waals surface area contributed by atoms with Gasteiger partial charge in [0, 0.05) is 36.9 Å². The summed E-state index contributed by atoms with van der Waals surface area (Å²) in [6.45, 7) is 0.304. The minimum atomic E-state index is -2.69. The highest BCUT2D eigenvalue weighted by Gasteiger charge is 2.72. The number of alkyl halides is 2. The van der Waals surface area contributed by atoms with E-state index >= 15 is 0 Å². The van der Waals surface area contributed by atoms with Gasteiger partial charge in [-0.25, -0.2) is 8.78 Å². The summed E-state index contributed by atoms with van der Waals surface area (Å²) >= 11 is 0. The highest BCUT2D eigenvalue weighted by atomic mass is 19.3. The molecule has 5 rings (SSSR count). The van der Waals surface area contributed by atoms with E-state index in [2.05, 4.69) is 15.6 Å². The standard InChI is InChI=1S/C28H30F2N4O5/c29-28(30)20-13-18(14-21(20)28)27(38)34-10-11-39-16-23(34)25(36)33-22(12-17-6-2-1-3-7-17)24(35)26(37)32-15-19-8-4-5-9-31-19/h1-9,18,20-23H,10-16H2,(H,32,37)(H,33,36)/t18?,20-,21+,22-,23-/m1/s1. The van der Waals surface area contributed by atoms with Crippen LogP contribution in [-0.2, 0) is 36.9 Å². The molecule has 3 amide bonds. The maximum Gasteiger partial charge on any atom is 0.289 e. The van der Waals surface area contributed by atoms with Crippen molar-refractivity contribution < 1.29 is 32.7 Å². The van der Waals surface area contributed by atoms with Crippen LogP contribution in [0.1, 0.15) is 24.1 Å². The van der Waals surface area contributed by atoms with Crippen molar-refractivity contribution in [3.05, 3.63) is 66.0 Å². The zero-order valence-electron chi connectivity index (χ0n) is 21.2. The smallest absolute Gasteiger partial charge is 0.289 e. The lowest BCUT2D eigenvalue weighted by Gasteiger charge is -2.37. The molecular formula is C28H30F2N4O5. The van der Waals surface area contributed by atoms with Crippen molar-refractivity contribution in [2.75, 3.05) is 19.8 Å². The molecule has 0 bridgehead atoms. The molecule has 0 spiro atoms. The van der Waals surface area contributed by atoms with Crippen LogP contribution in [-0.4, -0.2) is 71.2 Å². The number of carbonyl (C=O) groups excluding carboxylic acids is 4. The van der Waals surface area contributed by atoms with Gasteiger partial charge in [-0.15, -0.1) is 0 Å². The number of Topliss-reactive ketones (excluding diaryl/α,β-unsaturated/α-hetero) is 1. The van der Waals surface area contributed by atoms with Crippen molar-refractivity contribution in [3.63, 3.8) is 0 Å². The van der Waals surface area contributed by atoms with Crippen molar-refractivity contribution in [1.82, 2.24) is 20.5 Å². The van der Waals surface area contributed by atoms with E-state index in [-0.39, 0.29) is 51.5 Å². The molecule has 1 aromatic carbocycles. The molecule has 1 unspecified atom stereocenters. The normalized spacial score (nSPS) is 25.7. The summed E-state index contributed by atoms with van der Waals surface area (Å²) in [5.74, 6) is -7.48. The number of ether oxygens (including phenoxy) is 1. The largest absolute Gasteiger partial charge is 0.377 e. The van der Waals surface area contributed by atoms with Gasteiger partial charge in [-0.1, -0.05) is 36.4 Å². The molecule has 2 N–H and O–H groups in total. The summed E-state index contributed by atoms with van der Waals surface area (Å²) in [7, 11) is 0. The Balaban J connectivity index is 1.26. The van der Waals surface area contributed by atoms with Crippen molar-refractivity contribution in [1.29, 1.82) is 0 Å². The van der Waals surface area contributed by atoms with E-state index in [0.29, 0.717) is 5.69 Å².